The molecule has 3 fully saturated rings. The van der Waals surface area contributed by atoms with Gasteiger partial charge in [0.25, 0.3) is 11.8 Å². The third kappa shape index (κ3) is 5.57. The van der Waals surface area contributed by atoms with Crippen molar-refractivity contribution in [2.45, 2.75) is 62.8 Å². The Labute approximate surface area is 240 Å². The predicted molar refractivity (Wildman–Crippen MR) is 151 cm³/mol. The molecule has 10 heteroatoms. The Balaban J connectivity index is 1.29. The predicted octanol–water partition coefficient (Wildman–Crippen LogP) is 2.50. The number of rotatable bonds is 3. The zero-order valence-corrected chi connectivity index (χ0v) is 23.5. The van der Waals surface area contributed by atoms with Gasteiger partial charge >= 0.3 is 0 Å². The van der Waals surface area contributed by atoms with Gasteiger partial charge < -0.3 is 29.7 Å². The summed E-state index contributed by atoms with van der Waals surface area (Å²) in [6.45, 7) is 2.83. The zero-order chi connectivity index (χ0) is 28.4. The van der Waals surface area contributed by atoms with Crippen LogP contribution in [0.25, 0.3) is 0 Å². The van der Waals surface area contributed by atoms with Gasteiger partial charge in [0.2, 0.25) is 5.91 Å². The van der Waals surface area contributed by atoms with E-state index in [1.807, 2.05) is 29.2 Å². The Bertz CT molecular complexity index is 1290. The van der Waals surface area contributed by atoms with Crippen LogP contribution in [0.15, 0.2) is 42.5 Å². The van der Waals surface area contributed by atoms with Gasteiger partial charge in [-0.15, -0.1) is 0 Å². The second-order valence-corrected chi connectivity index (χ2v) is 11.5. The molecule has 2 N–H and O–H groups in total. The lowest BCUT2D eigenvalue weighted by Gasteiger charge is -2.40. The molecule has 1 saturated carbocycles. The molecule has 0 aromatic heterocycles. The molecule has 1 aliphatic carbocycles. The van der Waals surface area contributed by atoms with Gasteiger partial charge in [-0.05, 0) is 74.7 Å². The summed E-state index contributed by atoms with van der Waals surface area (Å²) in [5.41, 5.74) is 0.834. The van der Waals surface area contributed by atoms with Crippen LogP contribution in [0.3, 0.4) is 0 Å². The number of carbonyl (C=O) groups excluding carboxylic acids is 3. The number of ether oxygens (including phenoxy) is 3. The largest absolute Gasteiger partial charge is 0.493 e. The highest BCUT2D eigenvalue weighted by atomic mass is 16.5. The molecule has 2 aromatic carbocycles. The Hall–Kier alpha value is -3.79. The second kappa shape index (κ2) is 11.6. The van der Waals surface area contributed by atoms with E-state index in [0.29, 0.717) is 42.4 Å². The number of methoxy groups -OCH3 is 1. The van der Waals surface area contributed by atoms with E-state index in [0.717, 1.165) is 57.2 Å². The van der Waals surface area contributed by atoms with Crippen molar-refractivity contribution in [1.82, 2.24) is 20.4 Å². The van der Waals surface area contributed by atoms with Crippen LogP contribution in [0, 0.1) is 0 Å². The number of carbonyl (C=O) groups is 3. The van der Waals surface area contributed by atoms with Crippen LogP contribution in [0.5, 0.6) is 17.2 Å². The van der Waals surface area contributed by atoms with Crippen molar-refractivity contribution in [3.05, 3.63) is 53.6 Å². The fourth-order valence-corrected chi connectivity index (χ4v) is 6.70. The summed E-state index contributed by atoms with van der Waals surface area (Å²) in [5, 5.41) is 5.97. The molecule has 7 rings (SSSR count). The second-order valence-electron chi connectivity index (χ2n) is 11.5. The van der Waals surface area contributed by atoms with Gasteiger partial charge in [-0.3, -0.25) is 19.3 Å². The number of hydrogen-bond donors (Lipinski definition) is 2. The van der Waals surface area contributed by atoms with E-state index in [9.17, 15) is 14.4 Å². The van der Waals surface area contributed by atoms with Crippen molar-refractivity contribution in [2.75, 3.05) is 39.9 Å². The molecule has 218 valence electrons. The summed E-state index contributed by atoms with van der Waals surface area (Å²) in [5.74, 6) is 0.923. The highest BCUT2D eigenvalue weighted by molar-refractivity contribution is 5.95. The summed E-state index contributed by atoms with van der Waals surface area (Å²) < 4.78 is 17.5. The fourth-order valence-electron chi connectivity index (χ4n) is 6.70. The molecule has 2 saturated heterocycles. The van der Waals surface area contributed by atoms with Crippen molar-refractivity contribution in [3.63, 3.8) is 0 Å². The number of benzene rings is 2. The maximum absolute atomic E-state index is 14.2. The lowest BCUT2D eigenvalue weighted by molar-refractivity contribution is -0.143. The standard InChI is InChI=1S/C31H38N4O6/c1-39-25-11-8-22-16-26(25)40-20-28(36)32-17-21-6-9-23(10-7-21)41-27-19-34(18-24(27)33-29(22)37)30(38)31(12-2-3-13-31)35-14-4-5-15-35/h6-11,16,24,27H,2-5,12-15,17-20H2,1H3,(H,32,36)(H,33,37)/t24-,27-/m0/s1. The quantitative estimate of drug-likeness (QED) is 0.592. The minimum absolute atomic E-state index is 0.163. The summed E-state index contributed by atoms with van der Waals surface area (Å²) in [6, 6.07) is 12.0. The SMILES string of the molecule is COc1ccc2cc1OCC(=O)NCc1ccc(cc1)O[C@H]1CN(C(=O)C3(N4CCCC4)CCCC3)C[C@@H]1NC2=O. The van der Waals surface area contributed by atoms with Gasteiger partial charge in [-0.25, -0.2) is 0 Å². The fraction of sp³-hybridized carbons (Fsp3) is 0.516. The van der Waals surface area contributed by atoms with Crippen LogP contribution in [0.4, 0.5) is 0 Å². The normalized spacial score (nSPS) is 24.6. The smallest absolute Gasteiger partial charge is 0.258 e. The third-order valence-corrected chi connectivity index (χ3v) is 8.90. The first-order chi connectivity index (χ1) is 19.9. The molecule has 2 aromatic rings. The molecule has 0 unspecified atom stereocenters. The Kier molecular flexibility index (Phi) is 7.75. The summed E-state index contributed by atoms with van der Waals surface area (Å²) in [4.78, 5) is 44.4. The molecular formula is C31H38N4O6. The summed E-state index contributed by atoms with van der Waals surface area (Å²) in [7, 11) is 1.51. The van der Waals surface area contributed by atoms with Gasteiger partial charge in [0.1, 0.15) is 17.4 Å². The lowest BCUT2D eigenvalue weighted by atomic mass is 9.93. The number of nitrogens with one attached hydrogen (secondary N) is 2. The number of likely N-dealkylation sites (tertiary alicyclic amines) is 2. The molecule has 4 heterocycles. The van der Waals surface area contributed by atoms with Crippen LogP contribution in [0.2, 0.25) is 0 Å². The molecule has 10 nitrogen and oxygen atoms in total. The molecule has 0 radical (unpaired) electrons. The van der Waals surface area contributed by atoms with E-state index < -0.39 is 17.7 Å². The van der Waals surface area contributed by atoms with Crippen molar-refractivity contribution < 1.29 is 28.6 Å². The van der Waals surface area contributed by atoms with E-state index in [-0.39, 0.29) is 24.3 Å². The van der Waals surface area contributed by atoms with E-state index in [1.54, 1.807) is 18.2 Å². The van der Waals surface area contributed by atoms with Crippen LogP contribution in [-0.4, -0.2) is 85.1 Å². The number of hydrogen-bond acceptors (Lipinski definition) is 7. The maximum Gasteiger partial charge on any atom is 0.258 e. The van der Waals surface area contributed by atoms with Crippen LogP contribution >= 0.6 is 0 Å². The van der Waals surface area contributed by atoms with Crippen LogP contribution in [-0.2, 0) is 16.1 Å². The van der Waals surface area contributed by atoms with Gasteiger partial charge in [0, 0.05) is 18.7 Å². The highest BCUT2D eigenvalue weighted by Crippen LogP contribution is 2.40. The van der Waals surface area contributed by atoms with Crippen molar-refractivity contribution >= 4 is 17.7 Å². The molecule has 5 aliphatic rings. The van der Waals surface area contributed by atoms with E-state index >= 15 is 0 Å². The van der Waals surface area contributed by atoms with Crippen LogP contribution in [0.1, 0.15) is 54.4 Å². The van der Waals surface area contributed by atoms with Crippen molar-refractivity contribution in [1.29, 1.82) is 0 Å². The minimum Gasteiger partial charge on any atom is -0.493 e. The van der Waals surface area contributed by atoms with Crippen LogP contribution < -0.4 is 24.8 Å². The van der Waals surface area contributed by atoms with E-state index in [2.05, 4.69) is 15.5 Å². The van der Waals surface area contributed by atoms with E-state index in [1.165, 1.54) is 7.11 Å². The molecule has 4 aliphatic heterocycles. The Morgan fingerprint density at radius 3 is 2.49 bits per heavy atom. The average Bonchev–Trinajstić information content (AvgIpc) is 3.77. The van der Waals surface area contributed by atoms with Gasteiger partial charge in [0.15, 0.2) is 18.1 Å². The lowest BCUT2D eigenvalue weighted by Crippen LogP contribution is -2.57. The molecule has 4 bridgehead atoms. The highest BCUT2D eigenvalue weighted by Gasteiger charge is 2.51. The number of amides is 3. The van der Waals surface area contributed by atoms with Gasteiger partial charge in [0.05, 0.1) is 19.7 Å². The summed E-state index contributed by atoms with van der Waals surface area (Å²) in [6.07, 6.45) is 5.74. The van der Waals surface area contributed by atoms with Gasteiger partial charge in [-0.1, -0.05) is 25.0 Å². The molecule has 3 amide bonds. The van der Waals surface area contributed by atoms with Crippen molar-refractivity contribution in [3.8, 4) is 17.2 Å². The zero-order valence-electron chi connectivity index (χ0n) is 23.5. The Morgan fingerprint density at radius 1 is 1.00 bits per heavy atom. The number of nitrogens with zero attached hydrogens (tertiary/aromatic N) is 2. The monoisotopic (exact) mass is 562 g/mol. The van der Waals surface area contributed by atoms with E-state index in [4.69, 9.17) is 14.2 Å². The maximum atomic E-state index is 14.2. The third-order valence-electron chi connectivity index (χ3n) is 8.90. The minimum atomic E-state index is -0.442. The molecule has 2 atom stereocenters. The van der Waals surface area contributed by atoms with Gasteiger partial charge in [-0.2, -0.15) is 0 Å². The first-order valence-electron chi connectivity index (χ1n) is 14.6. The molecule has 0 spiro atoms. The topological polar surface area (TPSA) is 109 Å². The first-order valence-corrected chi connectivity index (χ1v) is 14.6. The Morgan fingerprint density at radius 2 is 1.76 bits per heavy atom. The summed E-state index contributed by atoms with van der Waals surface area (Å²) >= 11 is 0. The first kappa shape index (κ1) is 27.4. The molecule has 41 heavy (non-hydrogen) atoms. The molecular weight excluding hydrogens is 524 g/mol. The average molecular weight is 563 g/mol. The van der Waals surface area contributed by atoms with Crippen molar-refractivity contribution in [2.24, 2.45) is 0 Å². The number of fused-ring (bicyclic) bond motifs is 7.